The third-order valence-corrected chi connectivity index (χ3v) is 1.75. The first-order chi connectivity index (χ1) is 7.36. The molecule has 0 atom stereocenters. The van der Waals surface area contributed by atoms with Gasteiger partial charge in [-0.2, -0.15) is 5.10 Å². The molecule has 0 aliphatic carbocycles. The van der Waals surface area contributed by atoms with Crippen molar-refractivity contribution < 1.29 is 0 Å². The summed E-state index contributed by atoms with van der Waals surface area (Å²) < 4.78 is 1.25. The molecule has 1 aromatic carbocycles. The second-order valence-corrected chi connectivity index (χ2v) is 2.84. The maximum Gasteiger partial charge on any atom is 0.263 e. The molecule has 6 nitrogen and oxygen atoms in total. The molecule has 0 saturated carbocycles. The van der Waals surface area contributed by atoms with Crippen LogP contribution in [0.3, 0.4) is 0 Å². The molecule has 2 aromatic rings. The average molecular weight is 202 g/mol. The van der Waals surface area contributed by atoms with E-state index in [1.165, 1.54) is 11.0 Å². The summed E-state index contributed by atoms with van der Waals surface area (Å²) >= 11 is 0. The molecule has 0 fully saturated rings. The van der Waals surface area contributed by atoms with Crippen molar-refractivity contribution in [1.29, 1.82) is 0 Å². The van der Waals surface area contributed by atoms with Crippen LogP contribution >= 0.6 is 0 Å². The molecule has 0 radical (unpaired) electrons. The molecule has 0 aliphatic rings. The molecule has 0 unspecified atom stereocenters. The Balaban J connectivity index is 2.00. The fourth-order valence-corrected chi connectivity index (χ4v) is 1.03. The maximum atomic E-state index is 5.48. The minimum atomic E-state index is 0.391. The highest BCUT2D eigenvalue weighted by atomic mass is 15.5. The number of nitrogens with zero attached hydrogens (tertiary/aromatic N) is 4. The lowest BCUT2D eigenvalue weighted by Gasteiger charge is -1.97. The fraction of sp³-hybridized carbons (Fsp3) is 0. The number of hydrogen-bond donors (Lipinski definition) is 2. The molecule has 6 heteroatoms. The lowest BCUT2D eigenvalue weighted by molar-refractivity contribution is 0.988. The Morgan fingerprint density at radius 3 is 2.80 bits per heavy atom. The molecule has 0 aliphatic heterocycles. The van der Waals surface area contributed by atoms with Crippen LogP contribution in [0.1, 0.15) is 5.56 Å². The van der Waals surface area contributed by atoms with E-state index in [2.05, 4.69) is 20.7 Å². The van der Waals surface area contributed by atoms with E-state index in [1.807, 2.05) is 30.3 Å². The zero-order valence-electron chi connectivity index (χ0n) is 7.91. The quantitative estimate of drug-likeness (QED) is 0.430. The van der Waals surface area contributed by atoms with Crippen molar-refractivity contribution in [2.24, 2.45) is 5.10 Å². The molecule has 1 heterocycles. The molecular formula is C9H10N6. The van der Waals surface area contributed by atoms with E-state index in [0.717, 1.165) is 5.56 Å². The second kappa shape index (κ2) is 4.23. The summed E-state index contributed by atoms with van der Waals surface area (Å²) in [4.78, 5) is 0. The number of nitrogen functional groups attached to an aromatic ring is 1. The number of benzene rings is 1. The Morgan fingerprint density at radius 1 is 1.33 bits per heavy atom. The van der Waals surface area contributed by atoms with Gasteiger partial charge in [-0.15, -0.1) is 10.2 Å². The van der Waals surface area contributed by atoms with Gasteiger partial charge in [-0.1, -0.05) is 30.3 Å². The van der Waals surface area contributed by atoms with Gasteiger partial charge in [0.2, 0.25) is 0 Å². The van der Waals surface area contributed by atoms with Crippen LogP contribution in [0.25, 0.3) is 0 Å². The van der Waals surface area contributed by atoms with Crippen LogP contribution in [0.4, 0.5) is 5.95 Å². The molecule has 0 amide bonds. The van der Waals surface area contributed by atoms with E-state index >= 15 is 0 Å². The SMILES string of the molecule is Nn1cnnc1N/N=C/c1ccccc1. The summed E-state index contributed by atoms with van der Waals surface area (Å²) in [7, 11) is 0. The van der Waals surface area contributed by atoms with Gasteiger partial charge in [-0.25, -0.2) is 10.1 Å². The second-order valence-electron chi connectivity index (χ2n) is 2.84. The number of hydrazone groups is 1. The van der Waals surface area contributed by atoms with Gasteiger partial charge in [0.1, 0.15) is 6.33 Å². The van der Waals surface area contributed by atoms with Crippen LogP contribution in [0.2, 0.25) is 0 Å². The van der Waals surface area contributed by atoms with Gasteiger partial charge in [0.25, 0.3) is 5.95 Å². The van der Waals surface area contributed by atoms with Gasteiger partial charge < -0.3 is 5.84 Å². The van der Waals surface area contributed by atoms with E-state index in [-0.39, 0.29) is 0 Å². The van der Waals surface area contributed by atoms with Crippen LogP contribution in [0.15, 0.2) is 41.8 Å². The molecule has 0 bridgehead atoms. The number of nitrogens with two attached hydrogens (primary N) is 1. The predicted octanol–water partition coefficient (Wildman–Crippen LogP) is 0.438. The summed E-state index contributed by atoms with van der Waals surface area (Å²) in [6.45, 7) is 0. The Hall–Kier alpha value is -2.37. The van der Waals surface area contributed by atoms with E-state index in [9.17, 15) is 0 Å². The first-order valence-corrected chi connectivity index (χ1v) is 4.35. The van der Waals surface area contributed by atoms with Gasteiger partial charge >= 0.3 is 0 Å². The fourth-order valence-electron chi connectivity index (χ4n) is 1.03. The lowest BCUT2D eigenvalue weighted by Crippen LogP contribution is -2.10. The normalized spacial score (nSPS) is 10.7. The molecule has 15 heavy (non-hydrogen) atoms. The predicted molar refractivity (Wildman–Crippen MR) is 57.8 cm³/mol. The first-order valence-electron chi connectivity index (χ1n) is 4.35. The Bertz CT molecular complexity index is 447. The van der Waals surface area contributed by atoms with Gasteiger partial charge in [-0.3, -0.25) is 0 Å². The smallest absolute Gasteiger partial charge is 0.263 e. The summed E-state index contributed by atoms with van der Waals surface area (Å²) in [6, 6.07) is 9.71. The van der Waals surface area contributed by atoms with Gasteiger partial charge in [0, 0.05) is 0 Å². The number of hydrogen-bond acceptors (Lipinski definition) is 5. The zero-order valence-corrected chi connectivity index (χ0v) is 7.91. The summed E-state index contributed by atoms with van der Waals surface area (Å²) in [5.74, 6) is 5.87. The van der Waals surface area contributed by atoms with E-state index in [0.29, 0.717) is 5.95 Å². The highest BCUT2D eigenvalue weighted by molar-refractivity contribution is 5.79. The van der Waals surface area contributed by atoms with Crippen LogP contribution < -0.4 is 11.3 Å². The molecule has 2 rings (SSSR count). The summed E-state index contributed by atoms with van der Waals surface area (Å²) in [5, 5.41) is 11.3. The van der Waals surface area contributed by atoms with Crippen molar-refractivity contribution in [2.45, 2.75) is 0 Å². The van der Waals surface area contributed by atoms with Crippen molar-refractivity contribution in [3.05, 3.63) is 42.2 Å². The van der Waals surface area contributed by atoms with Crippen molar-refractivity contribution >= 4 is 12.2 Å². The lowest BCUT2D eigenvalue weighted by atomic mass is 10.2. The largest absolute Gasteiger partial charge is 0.335 e. The Kier molecular flexibility index (Phi) is 2.59. The molecule has 1 aromatic heterocycles. The average Bonchev–Trinajstić information content (AvgIpc) is 2.66. The first kappa shape index (κ1) is 9.20. The molecule has 3 N–H and O–H groups in total. The van der Waals surface area contributed by atoms with Crippen LogP contribution in [-0.2, 0) is 0 Å². The molecule has 76 valence electrons. The van der Waals surface area contributed by atoms with Crippen molar-refractivity contribution in [1.82, 2.24) is 14.9 Å². The monoisotopic (exact) mass is 202 g/mol. The van der Waals surface area contributed by atoms with E-state index < -0.39 is 0 Å². The number of anilines is 1. The van der Waals surface area contributed by atoms with Gasteiger partial charge in [0.15, 0.2) is 0 Å². The van der Waals surface area contributed by atoms with Gasteiger partial charge in [-0.05, 0) is 5.56 Å². The minimum absolute atomic E-state index is 0.391. The van der Waals surface area contributed by atoms with Crippen LogP contribution in [0.5, 0.6) is 0 Å². The third-order valence-electron chi connectivity index (χ3n) is 1.75. The molecule has 0 spiro atoms. The highest BCUT2D eigenvalue weighted by Gasteiger charge is 1.96. The summed E-state index contributed by atoms with van der Waals surface area (Å²) in [6.07, 6.45) is 3.06. The zero-order chi connectivity index (χ0) is 10.5. The highest BCUT2D eigenvalue weighted by Crippen LogP contribution is 1.97. The van der Waals surface area contributed by atoms with E-state index in [4.69, 9.17) is 5.84 Å². The minimum Gasteiger partial charge on any atom is -0.335 e. The molecular weight excluding hydrogens is 192 g/mol. The molecule has 0 saturated heterocycles. The topological polar surface area (TPSA) is 81.1 Å². The Morgan fingerprint density at radius 2 is 2.13 bits per heavy atom. The third kappa shape index (κ3) is 2.31. The van der Waals surface area contributed by atoms with Crippen LogP contribution in [0, 0.1) is 0 Å². The van der Waals surface area contributed by atoms with E-state index in [1.54, 1.807) is 6.21 Å². The van der Waals surface area contributed by atoms with Crippen molar-refractivity contribution in [2.75, 3.05) is 11.3 Å². The van der Waals surface area contributed by atoms with Crippen molar-refractivity contribution in [3.8, 4) is 0 Å². The van der Waals surface area contributed by atoms with Gasteiger partial charge in [0.05, 0.1) is 6.21 Å². The number of rotatable bonds is 3. The number of aromatic nitrogens is 3. The maximum absolute atomic E-state index is 5.48. The van der Waals surface area contributed by atoms with Crippen molar-refractivity contribution in [3.63, 3.8) is 0 Å². The van der Waals surface area contributed by atoms with Crippen LogP contribution in [-0.4, -0.2) is 21.1 Å². The standard InChI is InChI=1S/C9H10N6/c10-15-7-12-14-9(15)13-11-6-8-4-2-1-3-5-8/h1-7H,10H2,(H,13,14)/b11-6+. The Labute approximate surface area is 86.4 Å². The summed E-state index contributed by atoms with van der Waals surface area (Å²) in [5.41, 5.74) is 3.67. The number of nitrogens with one attached hydrogen (secondary N) is 1.